The van der Waals surface area contributed by atoms with E-state index in [0.29, 0.717) is 44.9 Å². The number of urea groups is 1. The molecule has 2 aromatic rings. The molecular formula is C20H25FN4O3. The van der Waals surface area contributed by atoms with Gasteiger partial charge in [-0.25, -0.2) is 9.18 Å². The van der Waals surface area contributed by atoms with Crippen molar-refractivity contribution in [2.75, 3.05) is 20.2 Å². The van der Waals surface area contributed by atoms with Gasteiger partial charge in [0.1, 0.15) is 11.9 Å². The van der Waals surface area contributed by atoms with E-state index in [0.717, 1.165) is 22.6 Å². The standard InChI is InChI=1S/C20H25FN4O3/c1-13-6-17(28-23-13)11-24-10-15(21)7-16(24)8-22-20(26)25-9-14-4-3-5-19(27-2)18(14)12-25/h3-6,15-16H,7-12H2,1-2H3,(H,22,26)/t15-,16-/m0/s1. The minimum absolute atomic E-state index is 0.0659. The molecule has 2 amide bonds. The lowest BCUT2D eigenvalue weighted by Gasteiger charge is -2.24. The van der Waals surface area contributed by atoms with Crippen molar-refractivity contribution in [3.05, 3.63) is 46.8 Å². The molecule has 0 spiro atoms. The van der Waals surface area contributed by atoms with Gasteiger partial charge in [-0.1, -0.05) is 17.3 Å². The third kappa shape index (κ3) is 3.82. The average Bonchev–Trinajstić information content (AvgIpc) is 3.38. The molecule has 2 aliphatic heterocycles. The monoisotopic (exact) mass is 388 g/mol. The number of aromatic nitrogens is 1. The first-order valence-corrected chi connectivity index (χ1v) is 9.51. The molecule has 0 aliphatic carbocycles. The van der Waals surface area contributed by atoms with Crippen LogP contribution in [-0.4, -0.2) is 53.4 Å². The predicted octanol–water partition coefficient (Wildman–Crippen LogP) is 2.63. The second kappa shape index (κ2) is 7.79. The van der Waals surface area contributed by atoms with E-state index in [4.69, 9.17) is 9.26 Å². The first kappa shape index (κ1) is 18.7. The maximum Gasteiger partial charge on any atom is 0.318 e. The van der Waals surface area contributed by atoms with Crippen molar-refractivity contribution in [3.63, 3.8) is 0 Å². The molecule has 7 nitrogen and oxygen atoms in total. The number of benzene rings is 1. The van der Waals surface area contributed by atoms with Crippen LogP contribution in [0.3, 0.4) is 0 Å². The normalized spacial score (nSPS) is 21.8. The molecule has 1 aromatic carbocycles. The summed E-state index contributed by atoms with van der Waals surface area (Å²) < 4.78 is 24.6. The van der Waals surface area contributed by atoms with Gasteiger partial charge in [0.05, 0.1) is 25.9 Å². The number of nitrogens with one attached hydrogen (secondary N) is 1. The van der Waals surface area contributed by atoms with Gasteiger partial charge < -0.3 is 19.5 Å². The summed E-state index contributed by atoms with van der Waals surface area (Å²) in [7, 11) is 1.64. The number of alkyl halides is 1. The quantitative estimate of drug-likeness (QED) is 0.853. The summed E-state index contributed by atoms with van der Waals surface area (Å²) in [6.07, 6.45) is -0.493. The first-order chi connectivity index (χ1) is 13.5. The topological polar surface area (TPSA) is 70.8 Å². The van der Waals surface area contributed by atoms with Crippen LogP contribution >= 0.6 is 0 Å². The second-order valence-corrected chi connectivity index (χ2v) is 7.49. The molecule has 150 valence electrons. The number of halogens is 1. The number of ether oxygens (including phenoxy) is 1. The predicted molar refractivity (Wildman–Crippen MR) is 101 cm³/mol. The van der Waals surface area contributed by atoms with Crippen molar-refractivity contribution >= 4 is 6.03 Å². The lowest BCUT2D eigenvalue weighted by Crippen LogP contribution is -2.44. The van der Waals surface area contributed by atoms with Gasteiger partial charge in [0.25, 0.3) is 0 Å². The third-order valence-corrected chi connectivity index (χ3v) is 5.45. The molecule has 8 heteroatoms. The Balaban J connectivity index is 1.34. The molecule has 0 bridgehead atoms. The first-order valence-electron chi connectivity index (χ1n) is 9.51. The Morgan fingerprint density at radius 3 is 3.04 bits per heavy atom. The van der Waals surface area contributed by atoms with E-state index in [2.05, 4.69) is 10.5 Å². The lowest BCUT2D eigenvalue weighted by molar-refractivity contribution is 0.183. The highest BCUT2D eigenvalue weighted by atomic mass is 19.1. The Morgan fingerprint density at radius 1 is 1.43 bits per heavy atom. The molecule has 2 atom stereocenters. The van der Waals surface area contributed by atoms with Gasteiger partial charge in [0, 0.05) is 37.3 Å². The number of methoxy groups -OCH3 is 1. The van der Waals surface area contributed by atoms with Gasteiger partial charge in [-0.05, 0) is 25.0 Å². The van der Waals surface area contributed by atoms with Crippen molar-refractivity contribution in [2.24, 2.45) is 0 Å². The summed E-state index contributed by atoms with van der Waals surface area (Å²) in [5, 5.41) is 6.85. The van der Waals surface area contributed by atoms with Crippen LogP contribution in [0.2, 0.25) is 0 Å². The number of carbonyl (C=O) groups excluding carboxylic acids is 1. The van der Waals surface area contributed by atoms with E-state index < -0.39 is 6.17 Å². The highest BCUT2D eigenvalue weighted by Crippen LogP contribution is 2.30. The molecule has 0 saturated carbocycles. The Bertz CT molecular complexity index is 856. The van der Waals surface area contributed by atoms with Crippen molar-refractivity contribution in [1.82, 2.24) is 20.3 Å². The van der Waals surface area contributed by atoms with Crippen LogP contribution in [0.5, 0.6) is 5.75 Å². The molecule has 28 heavy (non-hydrogen) atoms. The van der Waals surface area contributed by atoms with Crippen LogP contribution < -0.4 is 10.1 Å². The number of hydrogen-bond acceptors (Lipinski definition) is 5. The van der Waals surface area contributed by atoms with Gasteiger partial charge >= 0.3 is 6.03 Å². The summed E-state index contributed by atoms with van der Waals surface area (Å²) in [5.41, 5.74) is 2.95. The number of nitrogens with zero attached hydrogens (tertiary/aromatic N) is 3. The molecule has 1 aromatic heterocycles. The fraction of sp³-hybridized carbons (Fsp3) is 0.500. The Labute approximate surface area is 163 Å². The van der Waals surface area contributed by atoms with Gasteiger partial charge in [0.2, 0.25) is 0 Å². The molecule has 2 aliphatic rings. The molecule has 0 unspecified atom stereocenters. The molecule has 1 saturated heterocycles. The van der Waals surface area contributed by atoms with E-state index >= 15 is 0 Å². The summed E-state index contributed by atoms with van der Waals surface area (Å²) in [6, 6.07) is 7.50. The zero-order valence-electron chi connectivity index (χ0n) is 16.2. The van der Waals surface area contributed by atoms with Gasteiger partial charge in [0.15, 0.2) is 5.76 Å². The van der Waals surface area contributed by atoms with Crippen molar-refractivity contribution in [1.29, 1.82) is 0 Å². The third-order valence-electron chi connectivity index (χ3n) is 5.45. The number of rotatable bonds is 5. The average molecular weight is 388 g/mol. The fourth-order valence-corrected chi connectivity index (χ4v) is 4.06. The molecular weight excluding hydrogens is 363 g/mol. The minimum atomic E-state index is -0.897. The lowest BCUT2D eigenvalue weighted by atomic mass is 10.1. The number of likely N-dealkylation sites (tertiary alicyclic amines) is 1. The molecule has 1 N–H and O–H groups in total. The van der Waals surface area contributed by atoms with Crippen LogP contribution in [0, 0.1) is 6.92 Å². The van der Waals surface area contributed by atoms with E-state index in [1.165, 1.54) is 0 Å². The van der Waals surface area contributed by atoms with Crippen molar-refractivity contribution < 1.29 is 18.4 Å². The second-order valence-electron chi connectivity index (χ2n) is 7.49. The summed E-state index contributed by atoms with van der Waals surface area (Å²) in [4.78, 5) is 16.4. The molecule has 0 radical (unpaired) electrons. The Morgan fingerprint density at radius 2 is 2.29 bits per heavy atom. The smallest absolute Gasteiger partial charge is 0.318 e. The highest BCUT2D eigenvalue weighted by molar-refractivity contribution is 5.75. The van der Waals surface area contributed by atoms with Crippen LogP contribution in [-0.2, 0) is 19.6 Å². The van der Waals surface area contributed by atoms with Gasteiger partial charge in [-0.3, -0.25) is 4.90 Å². The van der Waals surface area contributed by atoms with Crippen LogP contribution in [0.4, 0.5) is 9.18 Å². The van der Waals surface area contributed by atoms with E-state index in [1.54, 1.807) is 12.0 Å². The number of aryl methyl sites for hydroxylation is 1. The van der Waals surface area contributed by atoms with Crippen LogP contribution in [0.25, 0.3) is 0 Å². The van der Waals surface area contributed by atoms with E-state index in [1.807, 2.05) is 36.1 Å². The van der Waals surface area contributed by atoms with Gasteiger partial charge in [-0.2, -0.15) is 0 Å². The minimum Gasteiger partial charge on any atom is -0.496 e. The number of fused-ring (bicyclic) bond motifs is 1. The summed E-state index contributed by atoms with van der Waals surface area (Å²) in [5.74, 6) is 1.52. The van der Waals surface area contributed by atoms with Gasteiger partial charge in [-0.15, -0.1) is 0 Å². The molecule has 1 fully saturated rings. The Kier molecular flexibility index (Phi) is 5.21. The van der Waals surface area contributed by atoms with Crippen molar-refractivity contribution in [3.8, 4) is 5.75 Å². The highest BCUT2D eigenvalue weighted by Gasteiger charge is 2.34. The van der Waals surface area contributed by atoms with Crippen LogP contribution in [0.1, 0.15) is 29.0 Å². The number of hydrogen-bond donors (Lipinski definition) is 1. The van der Waals surface area contributed by atoms with E-state index in [-0.39, 0.29) is 12.1 Å². The Hall–Kier alpha value is -2.61. The van der Waals surface area contributed by atoms with E-state index in [9.17, 15) is 9.18 Å². The zero-order valence-corrected chi connectivity index (χ0v) is 16.2. The van der Waals surface area contributed by atoms with Crippen LogP contribution in [0.15, 0.2) is 28.8 Å². The number of carbonyl (C=O) groups is 1. The maximum absolute atomic E-state index is 14.0. The zero-order chi connectivity index (χ0) is 19.7. The SMILES string of the molecule is COc1cccc2c1CN(C(=O)NC[C@@H]1C[C@H](F)CN1Cc1cc(C)no1)C2. The number of amides is 2. The summed E-state index contributed by atoms with van der Waals surface area (Å²) >= 11 is 0. The summed E-state index contributed by atoms with van der Waals surface area (Å²) in [6.45, 7) is 4.16. The van der Waals surface area contributed by atoms with Crippen molar-refractivity contribution in [2.45, 2.75) is 45.2 Å². The largest absolute Gasteiger partial charge is 0.496 e. The fourth-order valence-electron chi connectivity index (χ4n) is 4.06. The molecule has 3 heterocycles. The molecule has 4 rings (SSSR count). The maximum atomic E-state index is 14.0.